The van der Waals surface area contributed by atoms with Crippen LogP contribution in [-0.4, -0.2) is 50.8 Å². The first-order valence-corrected chi connectivity index (χ1v) is 11.9. The van der Waals surface area contributed by atoms with Gasteiger partial charge in [0.25, 0.3) is 0 Å². The molecule has 0 aromatic heterocycles. The van der Waals surface area contributed by atoms with Gasteiger partial charge in [-0.25, -0.2) is 0 Å². The Hall–Kier alpha value is 0.310. The number of fused-ring (bicyclic) bond motifs is 5. The van der Waals surface area contributed by atoms with Gasteiger partial charge in [0.15, 0.2) is 0 Å². The minimum Gasteiger partial charge on any atom is -0.550 e. The average Bonchev–Trinajstić information content (AvgIpc) is 3.01. The molecule has 4 aliphatic carbocycles. The topological polar surface area (TPSA) is 121 Å². The average molecular weight is 447 g/mol. The number of carbonyl (C=O) groups is 1. The van der Waals surface area contributed by atoms with E-state index in [2.05, 4.69) is 20.8 Å². The van der Waals surface area contributed by atoms with Crippen molar-refractivity contribution in [1.82, 2.24) is 0 Å². The van der Waals surface area contributed by atoms with E-state index in [1.165, 1.54) is 0 Å². The summed E-state index contributed by atoms with van der Waals surface area (Å²) in [6.07, 6.45) is 2.40. The summed E-state index contributed by atoms with van der Waals surface area (Å²) >= 11 is 0. The van der Waals surface area contributed by atoms with Gasteiger partial charge in [-0.2, -0.15) is 0 Å². The van der Waals surface area contributed by atoms with Crippen molar-refractivity contribution >= 4 is 5.97 Å². The Morgan fingerprint density at radius 2 is 1.61 bits per heavy atom. The number of rotatable bonds is 4. The summed E-state index contributed by atoms with van der Waals surface area (Å²) in [5.74, 6) is -0.364. The molecule has 4 rings (SSSR count). The van der Waals surface area contributed by atoms with Crippen molar-refractivity contribution in [2.45, 2.75) is 96.6 Å². The fraction of sp³-hybridized carbons (Fsp3) is 0.958. The van der Waals surface area contributed by atoms with Crippen LogP contribution in [-0.2, 0) is 4.79 Å². The number of aliphatic carboxylic acids is 1. The van der Waals surface area contributed by atoms with E-state index < -0.39 is 35.8 Å². The summed E-state index contributed by atoms with van der Waals surface area (Å²) in [6, 6.07) is 0. The second-order valence-electron chi connectivity index (χ2n) is 11.5. The second kappa shape index (κ2) is 9.16. The van der Waals surface area contributed by atoms with Gasteiger partial charge >= 0.3 is 29.6 Å². The SMILES string of the molecule is C[C@H](CCC(=O)[O-])[C@H]1CCC2C3C(C[C@H](O)[C@@]21C)[C@@]1(C)C(O)C[C@@H](O)C[C@H]1C[C@H]3O.[Na+]. The zero-order valence-corrected chi connectivity index (χ0v) is 21.5. The van der Waals surface area contributed by atoms with Crippen molar-refractivity contribution in [3.05, 3.63) is 0 Å². The largest absolute Gasteiger partial charge is 1.00 e. The first kappa shape index (κ1) is 25.9. The predicted molar refractivity (Wildman–Crippen MR) is 109 cm³/mol. The van der Waals surface area contributed by atoms with Crippen molar-refractivity contribution in [3.63, 3.8) is 0 Å². The summed E-state index contributed by atoms with van der Waals surface area (Å²) < 4.78 is 0. The number of aliphatic hydroxyl groups excluding tert-OH is 4. The second-order valence-corrected chi connectivity index (χ2v) is 11.5. The molecule has 0 saturated heterocycles. The van der Waals surface area contributed by atoms with Gasteiger partial charge in [-0.15, -0.1) is 0 Å². The van der Waals surface area contributed by atoms with Gasteiger partial charge in [0.1, 0.15) is 0 Å². The maximum absolute atomic E-state index is 11.5. The molecule has 0 radical (unpaired) electrons. The summed E-state index contributed by atoms with van der Waals surface area (Å²) in [7, 11) is 0. The maximum atomic E-state index is 11.5. The Kier molecular flexibility index (Phi) is 7.66. The molecule has 0 spiro atoms. The molecule has 0 amide bonds. The zero-order chi connectivity index (χ0) is 22.0. The van der Waals surface area contributed by atoms with E-state index in [0.717, 1.165) is 12.8 Å². The van der Waals surface area contributed by atoms with Crippen molar-refractivity contribution < 1.29 is 59.9 Å². The third kappa shape index (κ3) is 3.96. The third-order valence-electron chi connectivity index (χ3n) is 10.4. The first-order chi connectivity index (χ1) is 14.0. The minimum absolute atomic E-state index is 0. The predicted octanol–water partition coefficient (Wildman–Crippen LogP) is -1.91. The van der Waals surface area contributed by atoms with Crippen LogP contribution in [0.1, 0.15) is 72.1 Å². The minimum atomic E-state index is -1.03. The monoisotopic (exact) mass is 446 g/mol. The van der Waals surface area contributed by atoms with Gasteiger partial charge in [0, 0.05) is 5.97 Å². The fourth-order valence-corrected chi connectivity index (χ4v) is 8.75. The summed E-state index contributed by atoms with van der Waals surface area (Å²) in [5, 5.41) is 54.9. The van der Waals surface area contributed by atoms with E-state index in [1.807, 2.05) is 0 Å². The first-order valence-electron chi connectivity index (χ1n) is 11.9. The molecule has 0 aromatic rings. The van der Waals surface area contributed by atoms with E-state index in [1.54, 1.807) is 0 Å². The van der Waals surface area contributed by atoms with Crippen LogP contribution in [0.3, 0.4) is 0 Å². The van der Waals surface area contributed by atoms with E-state index in [4.69, 9.17) is 0 Å². The number of carboxylic acids is 1. The van der Waals surface area contributed by atoms with E-state index in [0.29, 0.717) is 32.1 Å². The van der Waals surface area contributed by atoms with Crippen LogP contribution in [0.5, 0.6) is 0 Å². The molecule has 0 bridgehead atoms. The van der Waals surface area contributed by atoms with Crippen LogP contribution in [0.25, 0.3) is 0 Å². The Labute approximate surface area is 208 Å². The number of aliphatic hydroxyl groups is 4. The number of hydrogen-bond donors (Lipinski definition) is 4. The van der Waals surface area contributed by atoms with Crippen LogP contribution in [0.2, 0.25) is 0 Å². The normalized spacial score (nSPS) is 52.3. The standard InChI is InChI=1S/C24H40O6.Na/c1-12(4-7-21(29)30)15-5-6-16-22-17(11-20(28)24(15,16)3)23(2)13(9-18(22)26)8-14(25)10-19(23)27;/h12-20,22,25-28H,4-11H2,1-3H3,(H,29,30);/q;+1/p-1/t12-,13+,14+,15-,16?,17?,18-,19?,20+,22?,23+,24-;/m1./s1. The molecule has 4 saturated carbocycles. The van der Waals surface area contributed by atoms with Crippen molar-refractivity contribution in [2.75, 3.05) is 0 Å². The van der Waals surface area contributed by atoms with E-state index in [9.17, 15) is 30.3 Å². The summed E-state index contributed by atoms with van der Waals surface area (Å²) in [5.41, 5.74) is -0.750. The molecule has 6 nitrogen and oxygen atoms in total. The molecule has 0 heterocycles. The molecule has 12 atom stereocenters. The molecule has 0 aliphatic heterocycles. The molecule has 4 N–H and O–H groups in total. The maximum Gasteiger partial charge on any atom is 1.00 e. The third-order valence-corrected chi connectivity index (χ3v) is 10.4. The molecule has 4 aliphatic rings. The van der Waals surface area contributed by atoms with Crippen LogP contribution < -0.4 is 34.7 Å². The molecular weight excluding hydrogens is 407 g/mol. The van der Waals surface area contributed by atoms with Gasteiger partial charge in [0.05, 0.1) is 24.4 Å². The molecule has 7 heteroatoms. The molecule has 4 fully saturated rings. The summed E-state index contributed by atoms with van der Waals surface area (Å²) in [6.45, 7) is 6.34. The van der Waals surface area contributed by atoms with Gasteiger partial charge in [-0.3, -0.25) is 0 Å². The zero-order valence-electron chi connectivity index (χ0n) is 19.5. The molecule has 31 heavy (non-hydrogen) atoms. The van der Waals surface area contributed by atoms with Crippen molar-refractivity contribution in [2.24, 2.45) is 46.3 Å². The molecule has 172 valence electrons. The van der Waals surface area contributed by atoms with Gasteiger partial charge in [0.2, 0.25) is 0 Å². The Balaban J connectivity index is 0.00000272. The van der Waals surface area contributed by atoms with Crippen molar-refractivity contribution in [3.8, 4) is 0 Å². The van der Waals surface area contributed by atoms with Gasteiger partial charge < -0.3 is 30.3 Å². The van der Waals surface area contributed by atoms with Crippen LogP contribution in [0.15, 0.2) is 0 Å². The molecule has 4 unspecified atom stereocenters. The molecular formula is C24H39NaO6. The fourth-order valence-electron chi connectivity index (χ4n) is 8.75. The molecule has 0 aromatic carbocycles. The van der Waals surface area contributed by atoms with Crippen LogP contribution in [0, 0.1) is 46.3 Å². The Morgan fingerprint density at radius 1 is 0.968 bits per heavy atom. The van der Waals surface area contributed by atoms with Crippen LogP contribution >= 0.6 is 0 Å². The Morgan fingerprint density at radius 3 is 2.26 bits per heavy atom. The van der Waals surface area contributed by atoms with Gasteiger partial charge in [-0.1, -0.05) is 20.8 Å². The smallest absolute Gasteiger partial charge is 0.550 e. The van der Waals surface area contributed by atoms with E-state index >= 15 is 0 Å². The van der Waals surface area contributed by atoms with Crippen molar-refractivity contribution in [1.29, 1.82) is 0 Å². The van der Waals surface area contributed by atoms with Gasteiger partial charge in [-0.05, 0) is 97.7 Å². The number of carboxylic acid groups (broad SMARTS) is 1. The number of carbonyl (C=O) groups excluding carboxylic acids is 1. The quantitative estimate of drug-likeness (QED) is 0.374. The Bertz CT molecular complexity index is 674. The number of hydrogen-bond acceptors (Lipinski definition) is 6. The summed E-state index contributed by atoms with van der Waals surface area (Å²) in [4.78, 5) is 11.0. The van der Waals surface area contributed by atoms with Crippen LogP contribution in [0.4, 0.5) is 0 Å². The van der Waals surface area contributed by atoms with E-state index in [-0.39, 0.29) is 76.9 Å².